The standard InChI is InChI=1S/C13H14ClN3O3S/c1-17(2)12(19)6-15-11(18)7-21-13-16-9-4-3-8(14)5-10(9)20-13/h3-5H,6-7H2,1-2H3,(H,15,18). The number of likely N-dealkylation sites (N-methyl/N-ethyl adjacent to an activating group) is 1. The molecule has 0 radical (unpaired) electrons. The monoisotopic (exact) mass is 327 g/mol. The second kappa shape index (κ2) is 6.82. The molecule has 2 amide bonds. The van der Waals surface area contributed by atoms with Gasteiger partial charge in [0.25, 0.3) is 5.22 Å². The smallest absolute Gasteiger partial charge is 0.257 e. The van der Waals surface area contributed by atoms with Gasteiger partial charge in [0, 0.05) is 25.2 Å². The van der Waals surface area contributed by atoms with Crippen LogP contribution in [0.5, 0.6) is 0 Å². The SMILES string of the molecule is CN(C)C(=O)CNC(=O)CSc1nc2ccc(Cl)cc2o1. The number of hydrogen-bond acceptors (Lipinski definition) is 5. The third-order valence-electron chi connectivity index (χ3n) is 2.59. The Balaban J connectivity index is 1.86. The van der Waals surface area contributed by atoms with Crippen LogP contribution < -0.4 is 5.32 Å². The highest BCUT2D eigenvalue weighted by Crippen LogP contribution is 2.25. The van der Waals surface area contributed by atoms with Crippen LogP contribution in [0, 0.1) is 0 Å². The highest BCUT2D eigenvalue weighted by atomic mass is 35.5. The number of nitrogens with zero attached hydrogens (tertiary/aromatic N) is 2. The molecule has 1 N–H and O–H groups in total. The first kappa shape index (κ1) is 15.7. The Kier molecular flexibility index (Phi) is 5.08. The molecule has 1 aromatic heterocycles. The van der Waals surface area contributed by atoms with Gasteiger partial charge in [-0.05, 0) is 12.1 Å². The lowest BCUT2D eigenvalue weighted by atomic mass is 10.3. The van der Waals surface area contributed by atoms with Gasteiger partial charge in [-0.3, -0.25) is 9.59 Å². The number of thioether (sulfide) groups is 1. The number of halogens is 1. The highest BCUT2D eigenvalue weighted by molar-refractivity contribution is 7.99. The Morgan fingerprint density at radius 2 is 2.19 bits per heavy atom. The molecule has 1 aromatic carbocycles. The third-order valence-corrected chi connectivity index (χ3v) is 3.66. The third kappa shape index (κ3) is 4.37. The van der Waals surface area contributed by atoms with Gasteiger partial charge >= 0.3 is 0 Å². The van der Waals surface area contributed by atoms with Crippen LogP contribution in [0.1, 0.15) is 0 Å². The van der Waals surface area contributed by atoms with Crippen molar-refractivity contribution in [3.05, 3.63) is 23.2 Å². The summed E-state index contributed by atoms with van der Waals surface area (Å²) in [5.41, 5.74) is 1.26. The summed E-state index contributed by atoms with van der Waals surface area (Å²) in [5, 5.41) is 3.49. The lowest BCUT2D eigenvalue weighted by Crippen LogP contribution is -2.36. The number of carbonyl (C=O) groups is 2. The molecular weight excluding hydrogens is 314 g/mol. The molecule has 0 bridgehead atoms. The van der Waals surface area contributed by atoms with Crippen LogP contribution >= 0.6 is 23.4 Å². The Hall–Kier alpha value is -1.73. The van der Waals surface area contributed by atoms with E-state index in [1.54, 1.807) is 32.3 Å². The number of rotatable bonds is 5. The molecule has 2 aromatic rings. The fourth-order valence-electron chi connectivity index (χ4n) is 1.45. The molecular formula is C13H14ClN3O3S. The van der Waals surface area contributed by atoms with E-state index in [2.05, 4.69) is 10.3 Å². The molecule has 1 heterocycles. The summed E-state index contributed by atoms with van der Waals surface area (Å²) in [4.78, 5) is 28.6. The predicted octanol–water partition coefficient (Wildman–Crippen LogP) is 1.78. The minimum atomic E-state index is -0.254. The number of nitrogens with one attached hydrogen (secondary N) is 1. The van der Waals surface area contributed by atoms with Gasteiger partial charge in [0.1, 0.15) is 5.52 Å². The fourth-order valence-corrected chi connectivity index (χ4v) is 2.28. The van der Waals surface area contributed by atoms with Crippen molar-refractivity contribution >= 4 is 46.3 Å². The number of carbonyl (C=O) groups excluding carboxylic acids is 2. The second-order valence-electron chi connectivity index (χ2n) is 4.45. The Morgan fingerprint density at radius 1 is 1.43 bits per heavy atom. The first-order valence-electron chi connectivity index (χ1n) is 6.11. The van der Waals surface area contributed by atoms with E-state index in [4.69, 9.17) is 16.0 Å². The molecule has 0 aliphatic carbocycles. The number of benzene rings is 1. The van der Waals surface area contributed by atoms with Crippen LogP contribution in [0.25, 0.3) is 11.1 Å². The number of amides is 2. The largest absolute Gasteiger partial charge is 0.431 e. The first-order valence-corrected chi connectivity index (χ1v) is 7.48. The van der Waals surface area contributed by atoms with E-state index >= 15 is 0 Å². The average molecular weight is 328 g/mol. The summed E-state index contributed by atoms with van der Waals surface area (Å²) >= 11 is 7.02. The van der Waals surface area contributed by atoms with E-state index in [1.807, 2.05) is 0 Å². The molecule has 0 unspecified atom stereocenters. The van der Waals surface area contributed by atoms with Gasteiger partial charge in [-0.2, -0.15) is 0 Å². The van der Waals surface area contributed by atoms with Crippen LogP contribution in [0.2, 0.25) is 5.02 Å². The molecule has 0 aliphatic rings. The van der Waals surface area contributed by atoms with Gasteiger partial charge in [-0.15, -0.1) is 0 Å². The van der Waals surface area contributed by atoms with E-state index < -0.39 is 0 Å². The van der Waals surface area contributed by atoms with Crippen LogP contribution in [0.4, 0.5) is 0 Å². The maximum absolute atomic E-state index is 11.6. The summed E-state index contributed by atoms with van der Waals surface area (Å²) in [6.45, 7) is -0.0183. The van der Waals surface area contributed by atoms with Crippen molar-refractivity contribution in [1.82, 2.24) is 15.2 Å². The Morgan fingerprint density at radius 3 is 2.90 bits per heavy atom. The number of hydrogen-bond donors (Lipinski definition) is 1. The number of oxazole rings is 1. The summed E-state index contributed by atoms with van der Waals surface area (Å²) in [5.74, 6) is -0.290. The quantitative estimate of drug-likeness (QED) is 0.847. The van der Waals surface area contributed by atoms with Gasteiger partial charge in [0.15, 0.2) is 5.58 Å². The van der Waals surface area contributed by atoms with Crippen LogP contribution in [-0.2, 0) is 9.59 Å². The van der Waals surface area contributed by atoms with E-state index in [-0.39, 0.29) is 24.1 Å². The van der Waals surface area contributed by atoms with Gasteiger partial charge in [0.05, 0.1) is 12.3 Å². The number of aromatic nitrogens is 1. The molecule has 6 nitrogen and oxygen atoms in total. The Labute approximate surface area is 130 Å². The van der Waals surface area contributed by atoms with E-state index in [1.165, 1.54) is 4.90 Å². The molecule has 0 saturated heterocycles. The second-order valence-corrected chi connectivity index (χ2v) is 5.81. The molecule has 2 rings (SSSR count). The van der Waals surface area contributed by atoms with Gasteiger partial charge < -0.3 is 14.6 Å². The predicted molar refractivity (Wildman–Crippen MR) is 81.4 cm³/mol. The molecule has 0 fully saturated rings. The molecule has 0 aliphatic heterocycles. The van der Waals surface area contributed by atoms with E-state index in [0.717, 1.165) is 11.8 Å². The molecule has 8 heteroatoms. The zero-order valence-electron chi connectivity index (χ0n) is 11.6. The lowest BCUT2D eigenvalue weighted by Gasteiger charge is -2.10. The zero-order valence-corrected chi connectivity index (χ0v) is 13.1. The topological polar surface area (TPSA) is 75.4 Å². The molecule has 0 atom stereocenters. The maximum Gasteiger partial charge on any atom is 0.257 e. The van der Waals surface area contributed by atoms with Crippen molar-refractivity contribution in [2.45, 2.75) is 5.22 Å². The summed E-state index contributed by atoms with van der Waals surface area (Å²) in [6.07, 6.45) is 0. The normalized spacial score (nSPS) is 10.6. The molecule has 112 valence electrons. The van der Waals surface area contributed by atoms with Crippen molar-refractivity contribution in [3.63, 3.8) is 0 Å². The van der Waals surface area contributed by atoms with Crippen LogP contribution in [-0.4, -0.2) is 48.1 Å². The van der Waals surface area contributed by atoms with Gasteiger partial charge in [-0.25, -0.2) is 4.98 Å². The van der Waals surface area contributed by atoms with Crippen molar-refractivity contribution in [2.75, 3.05) is 26.4 Å². The zero-order chi connectivity index (χ0) is 15.4. The molecule has 0 saturated carbocycles. The minimum absolute atomic E-state index is 0.0183. The maximum atomic E-state index is 11.6. The van der Waals surface area contributed by atoms with Gasteiger partial charge in [-0.1, -0.05) is 23.4 Å². The highest BCUT2D eigenvalue weighted by Gasteiger charge is 2.11. The lowest BCUT2D eigenvalue weighted by molar-refractivity contribution is -0.130. The van der Waals surface area contributed by atoms with E-state index in [9.17, 15) is 9.59 Å². The number of fused-ring (bicyclic) bond motifs is 1. The van der Waals surface area contributed by atoms with Crippen molar-refractivity contribution in [1.29, 1.82) is 0 Å². The van der Waals surface area contributed by atoms with Gasteiger partial charge in [0.2, 0.25) is 11.8 Å². The minimum Gasteiger partial charge on any atom is -0.431 e. The Bertz CT molecular complexity index is 672. The summed E-state index contributed by atoms with van der Waals surface area (Å²) in [7, 11) is 3.26. The fraction of sp³-hybridized carbons (Fsp3) is 0.308. The first-order chi connectivity index (χ1) is 9.95. The van der Waals surface area contributed by atoms with Crippen molar-refractivity contribution in [3.8, 4) is 0 Å². The molecule has 21 heavy (non-hydrogen) atoms. The van der Waals surface area contributed by atoms with Crippen molar-refractivity contribution < 1.29 is 14.0 Å². The van der Waals surface area contributed by atoms with Crippen LogP contribution in [0.3, 0.4) is 0 Å². The average Bonchev–Trinajstić information content (AvgIpc) is 2.84. The summed E-state index contributed by atoms with van der Waals surface area (Å²) in [6, 6.07) is 5.14. The van der Waals surface area contributed by atoms with Crippen LogP contribution in [0.15, 0.2) is 27.8 Å². The van der Waals surface area contributed by atoms with E-state index in [0.29, 0.717) is 21.3 Å². The molecule has 0 spiro atoms. The van der Waals surface area contributed by atoms with Crippen molar-refractivity contribution in [2.24, 2.45) is 0 Å². The summed E-state index contributed by atoms with van der Waals surface area (Å²) < 4.78 is 5.48.